The molecule has 1 aromatic carbocycles. The zero-order valence-electron chi connectivity index (χ0n) is 15.1. The lowest BCUT2D eigenvalue weighted by atomic mass is 9.93. The Labute approximate surface area is 154 Å². The zero-order valence-corrected chi connectivity index (χ0v) is 15.9. The molecule has 1 saturated heterocycles. The maximum absolute atomic E-state index is 12.8. The summed E-state index contributed by atoms with van der Waals surface area (Å²) in [6, 6.07) is 6.21. The van der Waals surface area contributed by atoms with Crippen molar-refractivity contribution >= 4 is 23.4 Å². The molecule has 4 unspecified atom stereocenters. The predicted molar refractivity (Wildman–Crippen MR) is 101 cm³/mol. The first-order chi connectivity index (χ1) is 11.9. The van der Waals surface area contributed by atoms with Crippen LogP contribution in [0.25, 0.3) is 0 Å². The minimum Gasteiger partial charge on any atom is -0.350 e. The Hall–Kier alpha value is -1.59. The molecule has 0 radical (unpaired) electrons. The van der Waals surface area contributed by atoms with E-state index in [-0.39, 0.29) is 23.8 Å². The first-order valence-corrected chi connectivity index (χ1v) is 9.37. The van der Waals surface area contributed by atoms with Gasteiger partial charge in [-0.05, 0) is 49.1 Å². The van der Waals surface area contributed by atoms with E-state index in [9.17, 15) is 9.59 Å². The highest BCUT2D eigenvalue weighted by Crippen LogP contribution is 2.15. The maximum atomic E-state index is 12.8. The van der Waals surface area contributed by atoms with Crippen LogP contribution in [0, 0.1) is 11.8 Å². The highest BCUT2D eigenvalue weighted by atomic mass is 35.5. The summed E-state index contributed by atoms with van der Waals surface area (Å²) in [5, 5.41) is 9.89. The van der Waals surface area contributed by atoms with Crippen molar-refractivity contribution in [3.63, 3.8) is 0 Å². The number of hydrogen-bond acceptors (Lipinski definition) is 3. The van der Waals surface area contributed by atoms with Gasteiger partial charge in [-0.2, -0.15) is 0 Å². The van der Waals surface area contributed by atoms with E-state index in [1.54, 1.807) is 24.3 Å². The van der Waals surface area contributed by atoms with E-state index in [2.05, 4.69) is 22.9 Å². The average molecular weight is 366 g/mol. The van der Waals surface area contributed by atoms with Gasteiger partial charge in [-0.1, -0.05) is 38.8 Å². The van der Waals surface area contributed by atoms with Crippen molar-refractivity contribution in [2.45, 2.75) is 45.7 Å². The smallest absolute Gasteiger partial charge is 0.251 e. The Morgan fingerprint density at radius 1 is 1.32 bits per heavy atom. The fourth-order valence-electron chi connectivity index (χ4n) is 2.98. The number of halogens is 1. The van der Waals surface area contributed by atoms with E-state index in [0.717, 1.165) is 25.9 Å². The van der Waals surface area contributed by atoms with Gasteiger partial charge in [0.25, 0.3) is 5.91 Å². The van der Waals surface area contributed by atoms with Crippen LogP contribution in [0.5, 0.6) is 0 Å². The second-order valence-electron chi connectivity index (χ2n) is 6.93. The molecular formula is C19H28ClN3O2. The molecule has 3 N–H and O–H groups in total. The van der Waals surface area contributed by atoms with Crippen LogP contribution in [0.2, 0.25) is 5.02 Å². The molecule has 138 valence electrons. The van der Waals surface area contributed by atoms with Crippen LogP contribution in [0.1, 0.15) is 44.0 Å². The number of carbonyl (C=O) groups excluding carboxylic acids is 2. The highest BCUT2D eigenvalue weighted by Gasteiger charge is 2.30. The molecule has 2 amide bonds. The number of carbonyl (C=O) groups is 2. The van der Waals surface area contributed by atoms with Crippen LogP contribution in [0.3, 0.4) is 0 Å². The molecule has 5 nitrogen and oxygen atoms in total. The number of piperidine rings is 1. The molecule has 1 aliphatic rings. The van der Waals surface area contributed by atoms with Gasteiger partial charge in [0.15, 0.2) is 0 Å². The van der Waals surface area contributed by atoms with Gasteiger partial charge in [-0.15, -0.1) is 0 Å². The van der Waals surface area contributed by atoms with Crippen molar-refractivity contribution in [1.82, 2.24) is 16.0 Å². The van der Waals surface area contributed by atoms with Crippen molar-refractivity contribution in [1.29, 1.82) is 0 Å². The summed E-state index contributed by atoms with van der Waals surface area (Å²) >= 11 is 5.87. The molecule has 25 heavy (non-hydrogen) atoms. The lowest BCUT2D eigenvalue weighted by Crippen LogP contribution is -2.57. The summed E-state index contributed by atoms with van der Waals surface area (Å²) in [4.78, 5) is 25.3. The molecular weight excluding hydrogens is 338 g/mol. The summed E-state index contributed by atoms with van der Waals surface area (Å²) in [6.07, 6.45) is 1.84. The second kappa shape index (κ2) is 9.20. The molecule has 1 heterocycles. The Kier molecular flexibility index (Phi) is 7.26. The molecule has 4 atom stereocenters. The summed E-state index contributed by atoms with van der Waals surface area (Å²) in [5.74, 6) is 0.0991. The third kappa shape index (κ3) is 5.44. The van der Waals surface area contributed by atoms with E-state index in [1.165, 1.54) is 0 Å². The molecule has 2 rings (SSSR count). The Morgan fingerprint density at radius 2 is 2.00 bits per heavy atom. The van der Waals surface area contributed by atoms with E-state index in [1.807, 2.05) is 13.8 Å². The lowest BCUT2D eigenvalue weighted by Gasteiger charge is -2.32. The quantitative estimate of drug-likeness (QED) is 0.725. The lowest BCUT2D eigenvalue weighted by molar-refractivity contribution is -0.125. The minimum absolute atomic E-state index is 0.0445. The highest BCUT2D eigenvalue weighted by molar-refractivity contribution is 6.30. The van der Waals surface area contributed by atoms with E-state index < -0.39 is 6.04 Å². The summed E-state index contributed by atoms with van der Waals surface area (Å²) in [7, 11) is 0. The van der Waals surface area contributed by atoms with Gasteiger partial charge in [0.1, 0.15) is 6.04 Å². The predicted octanol–water partition coefficient (Wildman–Crippen LogP) is 2.60. The topological polar surface area (TPSA) is 70.2 Å². The van der Waals surface area contributed by atoms with Crippen LogP contribution < -0.4 is 16.0 Å². The van der Waals surface area contributed by atoms with Gasteiger partial charge >= 0.3 is 0 Å². The molecule has 6 heteroatoms. The fourth-order valence-corrected chi connectivity index (χ4v) is 3.11. The van der Waals surface area contributed by atoms with Crippen molar-refractivity contribution in [2.75, 3.05) is 13.1 Å². The normalized spacial score (nSPS) is 22.7. The van der Waals surface area contributed by atoms with E-state index in [4.69, 9.17) is 11.6 Å². The van der Waals surface area contributed by atoms with E-state index in [0.29, 0.717) is 16.5 Å². The number of hydrogen-bond donors (Lipinski definition) is 3. The molecule has 1 aliphatic heterocycles. The summed E-state index contributed by atoms with van der Waals surface area (Å²) < 4.78 is 0. The van der Waals surface area contributed by atoms with Crippen molar-refractivity contribution in [2.24, 2.45) is 11.8 Å². The minimum atomic E-state index is -0.553. The Balaban J connectivity index is 2.05. The largest absolute Gasteiger partial charge is 0.350 e. The van der Waals surface area contributed by atoms with Crippen LogP contribution in [-0.2, 0) is 4.79 Å². The fraction of sp³-hybridized carbons (Fsp3) is 0.579. The van der Waals surface area contributed by atoms with Crippen LogP contribution in [0.4, 0.5) is 0 Å². The molecule has 0 aromatic heterocycles. The summed E-state index contributed by atoms with van der Waals surface area (Å²) in [5.41, 5.74) is 0.498. The van der Waals surface area contributed by atoms with Crippen molar-refractivity contribution in [3.8, 4) is 0 Å². The van der Waals surface area contributed by atoms with Crippen molar-refractivity contribution < 1.29 is 9.59 Å². The first-order valence-electron chi connectivity index (χ1n) is 8.99. The molecule has 1 fully saturated rings. The molecule has 0 spiro atoms. The van der Waals surface area contributed by atoms with Gasteiger partial charge < -0.3 is 16.0 Å². The van der Waals surface area contributed by atoms with E-state index >= 15 is 0 Å². The third-order valence-corrected chi connectivity index (χ3v) is 5.30. The molecule has 1 aromatic rings. The number of rotatable bonds is 6. The Bertz CT molecular complexity index is 591. The average Bonchev–Trinajstić information content (AvgIpc) is 2.61. The van der Waals surface area contributed by atoms with Crippen molar-refractivity contribution in [3.05, 3.63) is 34.9 Å². The SMILES string of the molecule is CCC(C)C(NC(=O)c1ccc(Cl)cc1)C(=O)NC1CNCCC1C. The monoisotopic (exact) mass is 365 g/mol. The molecule has 0 saturated carbocycles. The number of amides is 2. The number of nitrogens with one attached hydrogen (secondary N) is 3. The second-order valence-corrected chi connectivity index (χ2v) is 7.37. The van der Waals surface area contributed by atoms with Crippen LogP contribution in [0.15, 0.2) is 24.3 Å². The zero-order chi connectivity index (χ0) is 18.4. The third-order valence-electron chi connectivity index (χ3n) is 5.04. The first kappa shape index (κ1) is 19.7. The Morgan fingerprint density at radius 3 is 2.60 bits per heavy atom. The standard InChI is InChI=1S/C19H28ClN3O2/c1-4-12(2)17(19(25)22-16-11-21-10-9-13(16)3)23-18(24)14-5-7-15(20)8-6-14/h5-8,12-13,16-17,21H,4,9-11H2,1-3H3,(H,22,25)(H,23,24). The van der Waals surface area contributed by atoms with Crippen LogP contribution >= 0.6 is 11.6 Å². The number of benzene rings is 1. The summed E-state index contributed by atoms with van der Waals surface area (Å²) in [6.45, 7) is 7.90. The molecule has 0 bridgehead atoms. The van der Waals surface area contributed by atoms with Gasteiger partial charge in [0.05, 0.1) is 0 Å². The van der Waals surface area contributed by atoms with Gasteiger partial charge in [0, 0.05) is 23.2 Å². The van der Waals surface area contributed by atoms with Gasteiger partial charge in [-0.3, -0.25) is 9.59 Å². The molecule has 0 aliphatic carbocycles. The maximum Gasteiger partial charge on any atom is 0.251 e. The van der Waals surface area contributed by atoms with Gasteiger partial charge in [0.2, 0.25) is 5.91 Å². The van der Waals surface area contributed by atoms with Gasteiger partial charge in [-0.25, -0.2) is 0 Å². The van der Waals surface area contributed by atoms with Crippen LogP contribution in [-0.4, -0.2) is 37.0 Å².